The maximum Gasteiger partial charge on any atom is 0.245 e. The van der Waals surface area contributed by atoms with Crippen molar-refractivity contribution in [3.8, 4) is 0 Å². The van der Waals surface area contributed by atoms with Crippen molar-refractivity contribution in [3.63, 3.8) is 0 Å². The van der Waals surface area contributed by atoms with Crippen molar-refractivity contribution in [3.05, 3.63) is 65.0 Å². The Kier molecular flexibility index (Phi) is 5.35. The van der Waals surface area contributed by atoms with Crippen LogP contribution in [0.5, 0.6) is 0 Å². The van der Waals surface area contributed by atoms with Gasteiger partial charge in [-0.2, -0.15) is 5.10 Å². The largest absolute Gasteiger partial charge is 0.354 e. The number of carbonyl (C=O) groups is 1. The SMILES string of the molecule is Cn1cccc1CC(=O)N/N=C/C(Cl)=C/c1ccccc1. The van der Waals surface area contributed by atoms with Gasteiger partial charge in [0.05, 0.1) is 17.7 Å². The summed E-state index contributed by atoms with van der Waals surface area (Å²) in [6.45, 7) is 0. The zero-order chi connectivity index (χ0) is 15.1. The van der Waals surface area contributed by atoms with Gasteiger partial charge < -0.3 is 4.57 Å². The lowest BCUT2D eigenvalue weighted by atomic mass is 10.2. The van der Waals surface area contributed by atoms with Crippen LogP contribution in [0.15, 0.2) is 58.8 Å². The topological polar surface area (TPSA) is 46.4 Å². The Morgan fingerprint density at radius 1 is 1.29 bits per heavy atom. The van der Waals surface area contributed by atoms with Gasteiger partial charge >= 0.3 is 0 Å². The molecule has 1 aromatic heterocycles. The van der Waals surface area contributed by atoms with Gasteiger partial charge in [0, 0.05) is 18.9 Å². The van der Waals surface area contributed by atoms with Crippen LogP contribution in [0.3, 0.4) is 0 Å². The fourth-order valence-electron chi connectivity index (χ4n) is 1.80. The highest BCUT2D eigenvalue weighted by molar-refractivity contribution is 6.41. The van der Waals surface area contributed by atoms with Crippen molar-refractivity contribution in [1.82, 2.24) is 9.99 Å². The van der Waals surface area contributed by atoms with Crippen LogP contribution in [0.2, 0.25) is 0 Å². The van der Waals surface area contributed by atoms with Crippen molar-refractivity contribution in [2.45, 2.75) is 6.42 Å². The van der Waals surface area contributed by atoms with Crippen LogP contribution in [0, 0.1) is 0 Å². The van der Waals surface area contributed by atoms with E-state index in [1.807, 2.05) is 60.3 Å². The molecule has 1 amide bonds. The molecule has 0 radical (unpaired) electrons. The predicted octanol–water partition coefficient (Wildman–Crippen LogP) is 2.95. The molecular weight excluding hydrogens is 286 g/mol. The van der Waals surface area contributed by atoms with E-state index in [2.05, 4.69) is 10.5 Å². The van der Waals surface area contributed by atoms with Gasteiger partial charge in [0.15, 0.2) is 0 Å². The number of nitrogens with one attached hydrogen (secondary N) is 1. The molecule has 1 aromatic carbocycles. The normalized spacial score (nSPS) is 11.8. The number of aryl methyl sites for hydroxylation is 1. The van der Waals surface area contributed by atoms with Crippen molar-refractivity contribution in [2.75, 3.05) is 0 Å². The molecule has 0 bridgehead atoms. The van der Waals surface area contributed by atoms with Gasteiger partial charge in [-0.1, -0.05) is 41.9 Å². The molecule has 5 heteroatoms. The maximum absolute atomic E-state index is 11.7. The van der Waals surface area contributed by atoms with E-state index >= 15 is 0 Å². The van der Waals surface area contributed by atoms with Crippen molar-refractivity contribution >= 4 is 29.8 Å². The minimum absolute atomic E-state index is 0.183. The second kappa shape index (κ2) is 7.45. The first-order chi connectivity index (χ1) is 10.1. The number of halogens is 1. The molecule has 0 saturated heterocycles. The first-order valence-electron chi connectivity index (χ1n) is 6.49. The summed E-state index contributed by atoms with van der Waals surface area (Å²) in [5, 5.41) is 4.29. The number of amides is 1. The molecule has 0 spiro atoms. The Morgan fingerprint density at radius 3 is 2.71 bits per heavy atom. The molecule has 4 nitrogen and oxygen atoms in total. The summed E-state index contributed by atoms with van der Waals surface area (Å²) >= 11 is 6.02. The van der Waals surface area contributed by atoms with E-state index in [-0.39, 0.29) is 12.3 Å². The number of allylic oxidation sites excluding steroid dienone is 1. The fraction of sp³-hybridized carbons (Fsp3) is 0.125. The number of nitrogens with zero attached hydrogens (tertiary/aromatic N) is 2. The highest BCUT2D eigenvalue weighted by Gasteiger charge is 2.04. The zero-order valence-electron chi connectivity index (χ0n) is 11.7. The number of benzene rings is 1. The highest BCUT2D eigenvalue weighted by atomic mass is 35.5. The molecule has 0 saturated carbocycles. The number of aromatic nitrogens is 1. The summed E-state index contributed by atoms with van der Waals surface area (Å²) in [6.07, 6.45) is 5.36. The third-order valence-corrected chi connectivity index (χ3v) is 3.08. The fourth-order valence-corrected chi connectivity index (χ4v) is 1.97. The quantitative estimate of drug-likeness (QED) is 0.670. The van der Waals surface area contributed by atoms with E-state index in [0.717, 1.165) is 11.3 Å². The Hall–Kier alpha value is -2.33. The molecule has 1 heterocycles. The van der Waals surface area contributed by atoms with E-state index in [9.17, 15) is 4.79 Å². The number of hydrogen-bond acceptors (Lipinski definition) is 2. The minimum atomic E-state index is -0.183. The number of hydrazone groups is 1. The summed E-state index contributed by atoms with van der Waals surface area (Å²) in [6, 6.07) is 13.4. The van der Waals surface area contributed by atoms with Gasteiger partial charge in [-0.15, -0.1) is 0 Å². The van der Waals surface area contributed by atoms with Gasteiger partial charge in [0.1, 0.15) is 0 Å². The second-order valence-electron chi connectivity index (χ2n) is 4.52. The summed E-state index contributed by atoms with van der Waals surface area (Å²) < 4.78 is 1.89. The summed E-state index contributed by atoms with van der Waals surface area (Å²) in [5.41, 5.74) is 4.36. The Bertz CT molecular complexity index is 659. The second-order valence-corrected chi connectivity index (χ2v) is 4.96. The van der Waals surface area contributed by atoms with Gasteiger partial charge in [-0.05, 0) is 23.8 Å². The number of hydrogen-bond donors (Lipinski definition) is 1. The van der Waals surface area contributed by atoms with Gasteiger partial charge in [0.2, 0.25) is 5.91 Å². The summed E-state index contributed by atoms with van der Waals surface area (Å²) in [7, 11) is 1.89. The minimum Gasteiger partial charge on any atom is -0.354 e. The van der Waals surface area contributed by atoms with E-state index in [0.29, 0.717) is 5.03 Å². The molecule has 0 fully saturated rings. The standard InChI is InChI=1S/C16H16ClN3O/c1-20-9-5-8-15(20)11-16(21)19-18-12-14(17)10-13-6-3-2-4-7-13/h2-10,12H,11H2,1H3,(H,19,21)/b14-10-,18-12+. The van der Waals surface area contributed by atoms with E-state index in [1.165, 1.54) is 6.21 Å². The van der Waals surface area contributed by atoms with Crippen molar-refractivity contribution in [1.29, 1.82) is 0 Å². The molecule has 2 rings (SSSR count). The summed E-state index contributed by atoms with van der Waals surface area (Å²) in [5.74, 6) is -0.183. The predicted molar refractivity (Wildman–Crippen MR) is 86.0 cm³/mol. The molecule has 0 aliphatic rings. The van der Waals surface area contributed by atoms with Crippen molar-refractivity contribution < 1.29 is 4.79 Å². The Labute approximate surface area is 128 Å². The van der Waals surface area contributed by atoms with Gasteiger partial charge in [-0.3, -0.25) is 4.79 Å². The van der Waals surface area contributed by atoms with Gasteiger partial charge in [0.25, 0.3) is 0 Å². The van der Waals surface area contributed by atoms with E-state index in [1.54, 1.807) is 6.08 Å². The Morgan fingerprint density at radius 2 is 2.05 bits per heavy atom. The smallest absolute Gasteiger partial charge is 0.245 e. The molecule has 21 heavy (non-hydrogen) atoms. The molecular formula is C16H16ClN3O. The highest BCUT2D eigenvalue weighted by Crippen LogP contribution is 2.07. The van der Waals surface area contributed by atoms with Crippen molar-refractivity contribution in [2.24, 2.45) is 12.1 Å². The van der Waals surface area contributed by atoms with Crippen LogP contribution < -0.4 is 5.43 Å². The average molecular weight is 302 g/mol. The molecule has 0 unspecified atom stereocenters. The van der Waals surface area contributed by atoms with Gasteiger partial charge in [-0.25, -0.2) is 5.43 Å². The third kappa shape index (κ3) is 4.93. The molecule has 0 aliphatic carbocycles. The van der Waals surface area contributed by atoms with Crippen LogP contribution >= 0.6 is 11.6 Å². The lowest BCUT2D eigenvalue weighted by Gasteiger charge is -2.01. The lowest BCUT2D eigenvalue weighted by molar-refractivity contribution is -0.120. The monoisotopic (exact) mass is 301 g/mol. The van der Waals surface area contributed by atoms with Crippen LogP contribution in [-0.2, 0) is 18.3 Å². The first kappa shape index (κ1) is 15.1. The van der Waals surface area contributed by atoms with Crippen LogP contribution in [0.1, 0.15) is 11.3 Å². The summed E-state index contributed by atoms with van der Waals surface area (Å²) in [4.78, 5) is 11.7. The van der Waals surface area contributed by atoms with E-state index in [4.69, 9.17) is 11.6 Å². The Balaban J connectivity index is 1.86. The lowest BCUT2D eigenvalue weighted by Crippen LogP contribution is -2.20. The van der Waals surface area contributed by atoms with E-state index < -0.39 is 0 Å². The molecule has 0 aliphatic heterocycles. The van der Waals surface area contributed by atoms with Crippen LogP contribution in [0.4, 0.5) is 0 Å². The molecule has 0 atom stereocenters. The third-order valence-electron chi connectivity index (χ3n) is 2.87. The average Bonchev–Trinajstić information content (AvgIpc) is 2.85. The molecule has 2 aromatic rings. The zero-order valence-corrected chi connectivity index (χ0v) is 12.4. The molecule has 108 valence electrons. The first-order valence-corrected chi connectivity index (χ1v) is 6.87. The number of carbonyl (C=O) groups excluding carboxylic acids is 1. The maximum atomic E-state index is 11.7. The molecule has 1 N–H and O–H groups in total. The van der Waals surface area contributed by atoms with Crippen LogP contribution in [-0.4, -0.2) is 16.7 Å². The van der Waals surface area contributed by atoms with Crippen LogP contribution in [0.25, 0.3) is 6.08 Å². The number of rotatable bonds is 5.